The number of rotatable bonds is 10. The van der Waals surface area contributed by atoms with Crippen LogP contribution < -0.4 is 0 Å². The normalized spacial score (nSPS) is 24.5. The maximum absolute atomic E-state index is 12.7. The molecule has 0 bridgehead atoms. The van der Waals surface area contributed by atoms with Crippen molar-refractivity contribution in [1.29, 1.82) is 0 Å². The number of benzene rings is 3. The molecule has 3 aromatic rings. The SMILES string of the molecule is Cc1ccc(S(=O)(=O)OC[C@H]2O[C@H](O)[C@@H](O)[C@@H](OCc3ccccc3)[C@@H]2OCc2ccccc2)cc1. The molecule has 0 amide bonds. The van der Waals surface area contributed by atoms with Crippen molar-refractivity contribution in [3.63, 3.8) is 0 Å². The van der Waals surface area contributed by atoms with Gasteiger partial charge in [0.05, 0.1) is 24.7 Å². The molecule has 0 saturated carbocycles. The van der Waals surface area contributed by atoms with Gasteiger partial charge in [-0.15, -0.1) is 0 Å². The van der Waals surface area contributed by atoms with E-state index in [1.54, 1.807) is 12.1 Å². The quantitative estimate of drug-likeness (QED) is 0.397. The topological polar surface area (TPSA) is 112 Å². The van der Waals surface area contributed by atoms with Crippen molar-refractivity contribution in [2.45, 2.75) is 55.7 Å². The highest BCUT2D eigenvalue weighted by Gasteiger charge is 2.47. The molecule has 1 saturated heterocycles. The van der Waals surface area contributed by atoms with Crippen molar-refractivity contribution in [1.82, 2.24) is 0 Å². The molecule has 36 heavy (non-hydrogen) atoms. The zero-order valence-corrected chi connectivity index (χ0v) is 20.7. The van der Waals surface area contributed by atoms with Crippen molar-refractivity contribution in [3.05, 3.63) is 102 Å². The van der Waals surface area contributed by atoms with E-state index in [9.17, 15) is 18.6 Å². The number of hydrogen-bond donors (Lipinski definition) is 2. The van der Waals surface area contributed by atoms with Crippen LogP contribution in [0.1, 0.15) is 16.7 Å². The lowest BCUT2D eigenvalue weighted by Gasteiger charge is -2.42. The number of aliphatic hydroxyl groups is 2. The summed E-state index contributed by atoms with van der Waals surface area (Å²) in [4.78, 5) is 0.00289. The third-order valence-electron chi connectivity index (χ3n) is 5.90. The third-order valence-corrected chi connectivity index (χ3v) is 7.20. The van der Waals surface area contributed by atoms with Gasteiger partial charge in [-0.1, -0.05) is 78.4 Å². The molecule has 1 aliphatic rings. The molecule has 0 unspecified atom stereocenters. The van der Waals surface area contributed by atoms with E-state index in [0.29, 0.717) is 0 Å². The molecule has 2 N–H and O–H groups in total. The minimum absolute atomic E-state index is 0.00289. The fourth-order valence-electron chi connectivity index (χ4n) is 3.90. The molecular weight excluding hydrogens is 484 g/mol. The number of aliphatic hydroxyl groups excluding tert-OH is 2. The van der Waals surface area contributed by atoms with Gasteiger partial charge in [-0.2, -0.15) is 8.42 Å². The van der Waals surface area contributed by atoms with Crippen LogP contribution in [-0.4, -0.2) is 55.9 Å². The molecule has 9 heteroatoms. The largest absolute Gasteiger partial charge is 0.385 e. The predicted molar refractivity (Wildman–Crippen MR) is 131 cm³/mol. The Hall–Kier alpha value is -2.63. The average Bonchev–Trinajstić information content (AvgIpc) is 2.89. The third kappa shape index (κ3) is 6.77. The smallest absolute Gasteiger partial charge is 0.297 e. The van der Waals surface area contributed by atoms with E-state index in [2.05, 4.69) is 0 Å². The van der Waals surface area contributed by atoms with E-state index < -0.39 is 47.4 Å². The van der Waals surface area contributed by atoms with E-state index in [0.717, 1.165) is 16.7 Å². The lowest BCUT2D eigenvalue weighted by molar-refractivity contribution is -0.303. The van der Waals surface area contributed by atoms with Gasteiger partial charge in [0.25, 0.3) is 10.1 Å². The summed E-state index contributed by atoms with van der Waals surface area (Å²) in [7, 11) is -4.09. The number of ether oxygens (including phenoxy) is 3. The second-order valence-electron chi connectivity index (χ2n) is 8.63. The van der Waals surface area contributed by atoms with Gasteiger partial charge in [0, 0.05) is 0 Å². The zero-order chi connectivity index (χ0) is 25.5. The molecule has 0 aliphatic carbocycles. The van der Waals surface area contributed by atoms with E-state index >= 15 is 0 Å². The minimum atomic E-state index is -4.09. The van der Waals surface area contributed by atoms with Crippen LogP contribution in [0, 0.1) is 6.92 Å². The molecular formula is C27H30O8S. The summed E-state index contributed by atoms with van der Waals surface area (Å²) in [6, 6.07) is 25.0. The van der Waals surface area contributed by atoms with E-state index in [-0.39, 0.29) is 18.1 Å². The van der Waals surface area contributed by atoms with Gasteiger partial charge in [-0.05, 0) is 30.2 Å². The summed E-state index contributed by atoms with van der Waals surface area (Å²) in [5.41, 5.74) is 2.64. The van der Waals surface area contributed by atoms with E-state index in [4.69, 9.17) is 18.4 Å². The van der Waals surface area contributed by atoms with Crippen LogP contribution in [0.5, 0.6) is 0 Å². The van der Waals surface area contributed by atoms with E-state index in [1.807, 2.05) is 67.6 Å². The Balaban J connectivity index is 1.53. The van der Waals surface area contributed by atoms with Crippen LogP contribution in [0.25, 0.3) is 0 Å². The molecule has 8 nitrogen and oxygen atoms in total. The molecule has 0 aromatic heterocycles. The van der Waals surface area contributed by atoms with Gasteiger partial charge in [0.2, 0.25) is 0 Å². The van der Waals surface area contributed by atoms with E-state index in [1.165, 1.54) is 12.1 Å². The molecule has 4 rings (SSSR count). The second-order valence-corrected chi connectivity index (χ2v) is 10.2. The molecule has 1 aliphatic heterocycles. The first-order chi connectivity index (χ1) is 17.3. The molecule has 0 radical (unpaired) electrons. The maximum Gasteiger partial charge on any atom is 0.297 e. The molecule has 1 fully saturated rings. The predicted octanol–water partition coefficient (Wildman–Crippen LogP) is 2.95. The summed E-state index contributed by atoms with van der Waals surface area (Å²) >= 11 is 0. The Labute approximate surface area is 211 Å². The molecule has 1 heterocycles. The Bertz CT molecular complexity index is 1190. The van der Waals surface area contributed by atoms with Crippen molar-refractivity contribution in [3.8, 4) is 0 Å². The Morgan fingerprint density at radius 1 is 0.778 bits per heavy atom. The van der Waals surface area contributed by atoms with Crippen LogP contribution in [0.15, 0.2) is 89.8 Å². The van der Waals surface area contributed by atoms with Gasteiger partial charge in [0.15, 0.2) is 6.29 Å². The fourth-order valence-corrected chi connectivity index (χ4v) is 4.82. The molecule has 0 spiro atoms. The Morgan fingerprint density at radius 3 is 1.86 bits per heavy atom. The monoisotopic (exact) mass is 514 g/mol. The van der Waals surface area contributed by atoms with Crippen molar-refractivity contribution >= 4 is 10.1 Å². The van der Waals surface area contributed by atoms with Crippen LogP contribution in [0.4, 0.5) is 0 Å². The summed E-state index contributed by atoms with van der Waals surface area (Å²) in [6.07, 6.45) is -6.00. The summed E-state index contributed by atoms with van der Waals surface area (Å²) in [6.45, 7) is 1.72. The minimum Gasteiger partial charge on any atom is -0.385 e. The highest BCUT2D eigenvalue weighted by molar-refractivity contribution is 7.86. The lowest BCUT2D eigenvalue weighted by atomic mass is 9.98. The van der Waals surface area contributed by atoms with Crippen molar-refractivity contribution in [2.24, 2.45) is 0 Å². The average molecular weight is 515 g/mol. The molecule has 3 aromatic carbocycles. The number of hydrogen-bond acceptors (Lipinski definition) is 8. The maximum atomic E-state index is 12.7. The standard InChI is InChI=1S/C27H30O8S/c1-19-12-14-22(15-13-19)36(30,31)34-18-23-25(32-16-20-8-4-2-5-9-20)26(24(28)27(29)35-23)33-17-21-10-6-3-7-11-21/h2-15,23-29H,16-18H2,1H3/t23-,24+,25-,26-,27+/m1/s1. The summed E-state index contributed by atoms with van der Waals surface area (Å²) < 4.78 is 48.4. The summed E-state index contributed by atoms with van der Waals surface area (Å²) in [5.74, 6) is 0. The molecule has 5 atom stereocenters. The molecule has 192 valence electrons. The first-order valence-electron chi connectivity index (χ1n) is 11.6. The highest BCUT2D eigenvalue weighted by Crippen LogP contribution is 2.28. The second kappa shape index (κ2) is 12.1. The first kappa shape index (κ1) is 26.4. The van der Waals surface area contributed by atoms with Crippen LogP contribution >= 0.6 is 0 Å². The number of aryl methyl sites for hydroxylation is 1. The van der Waals surface area contributed by atoms with Gasteiger partial charge >= 0.3 is 0 Å². The summed E-state index contributed by atoms with van der Waals surface area (Å²) in [5, 5.41) is 21.1. The van der Waals surface area contributed by atoms with Crippen molar-refractivity contribution in [2.75, 3.05) is 6.61 Å². The van der Waals surface area contributed by atoms with Crippen LogP contribution in [-0.2, 0) is 41.7 Å². The van der Waals surface area contributed by atoms with Gasteiger partial charge in [0.1, 0.15) is 24.4 Å². The highest BCUT2D eigenvalue weighted by atomic mass is 32.2. The Kier molecular flexibility index (Phi) is 8.86. The van der Waals surface area contributed by atoms with Crippen LogP contribution in [0.2, 0.25) is 0 Å². The van der Waals surface area contributed by atoms with Crippen molar-refractivity contribution < 1.29 is 37.0 Å². The fraction of sp³-hybridized carbons (Fsp3) is 0.333. The lowest BCUT2D eigenvalue weighted by Crippen LogP contribution is -2.60. The van der Waals surface area contributed by atoms with Gasteiger partial charge in [-0.3, -0.25) is 4.18 Å². The zero-order valence-electron chi connectivity index (χ0n) is 19.8. The Morgan fingerprint density at radius 2 is 1.31 bits per heavy atom. The first-order valence-corrected chi connectivity index (χ1v) is 13.0. The van der Waals surface area contributed by atoms with Gasteiger partial charge in [-0.25, -0.2) is 0 Å². The van der Waals surface area contributed by atoms with Crippen LogP contribution in [0.3, 0.4) is 0 Å². The van der Waals surface area contributed by atoms with Gasteiger partial charge < -0.3 is 24.4 Å².